The zero-order valence-electron chi connectivity index (χ0n) is 15.0. The van der Waals surface area contributed by atoms with Crippen molar-refractivity contribution in [2.24, 2.45) is 0 Å². The minimum Gasteiger partial charge on any atom is -0.342 e. The average Bonchev–Trinajstić information content (AvgIpc) is 2.84. The van der Waals surface area contributed by atoms with Gasteiger partial charge >= 0.3 is 0 Å². The summed E-state index contributed by atoms with van der Waals surface area (Å²) in [5.41, 5.74) is 2.56. The molecule has 5 rings (SSSR count). The maximum absolute atomic E-state index is 13.4. The summed E-state index contributed by atoms with van der Waals surface area (Å²) in [6, 6.07) is 23.9. The van der Waals surface area contributed by atoms with Crippen LogP contribution >= 0.6 is 0 Å². The monoisotopic (exact) mass is 367 g/mol. The van der Waals surface area contributed by atoms with Gasteiger partial charge in [0.05, 0.1) is 28.2 Å². The molecule has 4 aromatic rings. The van der Waals surface area contributed by atoms with Gasteiger partial charge in [-0.1, -0.05) is 54.6 Å². The number of benzene rings is 3. The van der Waals surface area contributed by atoms with Gasteiger partial charge in [-0.05, 0) is 36.2 Å². The van der Waals surface area contributed by atoms with Crippen LogP contribution < -0.4 is 10.9 Å². The second-order valence-electron chi connectivity index (χ2n) is 6.86. The number of hydrogen-bond acceptors (Lipinski definition) is 3. The maximum Gasteiger partial charge on any atom is 0.266 e. The summed E-state index contributed by atoms with van der Waals surface area (Å²) < 4.78 is 1.59. The second kappa shape index (κ2) is 6.46. The summed E-state index contributed by atoms with van der Waals surface area (Å²) in [6.45, 7) is 0. The lowest BCUT2D eigenvalue weighted by atomic mass is 10.0. The molecule has 136 valence electrons. The summed E-state index contributed by atoms with van der Waals surface area (Å²) in [6.07, 6.45) is 0.547. The highest BCUT2D eigenvalue weighted by Crippen LogP contribution is 2.26. The van der Waals surface area contributed by atoms with Crippen molar-refractivity contribution < 1.29 is 4.79 Å². The van der Waals surface area contributed by atoms with Crippen molar-refractivity contribution in [3.05, 3.63) is 106 Å². The molecule has 1 unspecified atom stereocenters. The Kier molecular flexibility index (Phi) is 3.79. The van der Waals surface area contributed by atoms with Gasteiger partial charge < -0.3 is 5.32 Å². The molecule has 28 heavy (non-hydrogen) atoms. The second-order valence-corrected chi connectivity index (χ2v) is 6.86. The largest absolute Gasteiger partial charge is 0.342 e. The Hall–Kier alpha value is -3.73. The van der Waals surface area contributed by atoms with Gasteiger partial charge in [0.25, 0.3) is 11.5 Å². The van der Waals surface area contributed by atoms with E-state index in [2.05, 4.69) is 5.32 Å². The van der Waals surface area contributed by atoms with Gasteiger partial charge in [0.15, 0.2) is 0 Å². The normalized spacial score (nSPS) is 15.4. The molecule has 1 amide bonds. The van der Waals surface area contributed by atoms with Crippen LogP contribution in [-0.4, -0.2) is 15.5 Å². The van der Waals surface area contributed by atoms with E-state index in [1.54, 1.807) is 28.8 Å². The molecule has 0 bridgehead atoms. The number of aromatic nitrogens is 2. The standard InChI is InChI=1S/C23H17N3O2/c27-22-17-11-5-7-13-20(17)26-21(19(25-22)14-15-8-2-1-3-9-15)24-18-12-6-4-10-16(18)23(26)28/h1-13,19H,14H2,(H,25,27). The van der Waals surface area contributed by atoms with Crippen molar-refractivity contribution in [1.82, 2.24) is 14.9 Å². The Morgan fingerprint density at radius 3 is 2.43 bits per heavy atom. The molecule has 0 fully saturated rings. The number of rotatable bonds is 2. The van der Waals surface area contributed by atoms with E-state index in [1.807, 2.05) is 54.6 Å². The van der Waals surface area contributed by atoms with Crippen molar-refractivity contribution in [2.75, 3.05) is 0 Å². The Morgan fingerprint density at radius 2 is 1.57 bits per heavy atom. The average molecular weight is 367 g/mol. The molecule has 5 heteroatoms. The quantitative estimate of drug-likeness (QED) is 0.590. The van der Waals surface area contributed by atoms with Gasteiger partial charge in [-0.15, -0.1) is 0 Å². The molecular weight excluding hydrogens is 350 g/mol. The number of amides is 1. The maximum atomic E-state index is 13.4. The molecule has 0 radical (unpaired) electrons. The number of hydrogen-bond donors (Lipinski definition) is 1. The van der Waals surface area contributed by atoms with Crippen molar-refractivity contribution in [3.8, 4) is 5.69 Å². The molecule has 0 saturated heterocycles. The molecule has 1 aliphatic rings. The van der Waals surface area contributed by atoms with E-state index in [1.165, 1.54) is 0 Å². The predicted molar refractivity (Wildman–Crippen MR) is 108 cm³/mol. The van der Waals surface area contributed by atoms with Crippen LogP contribution in [0.1, 0.15) is 27.8 Å². The fraction of sp³-hybridized carbons (Fsp3) is 0.0870. The van der Waals surface area contributed by atoms with Gasteiger partial charge in [-0.3, -0.25) is 14.2 Å². The smallest absolute Gasteiger partial charge is 0.266 e. The zero-order valence-corrected chi connectivity index (χ0v) is 15.0. The van der Waals surface area contributed by atoms with Gasteiger partial charge in [-0.25, -0.2) is 4.98 Å². The van der Waals surface area contributed by atoms with E-state index in [0.717, 1.165) is 5.56 Å². The van der Waals surface area contributed by atoms with Crippen LogP contribution in [-0.2, 0) is 6.42 Å². The van der Waals surface area contributed by atoms with E-state index < -0.39 is 6.04 Å². The molecule has 1 aromatic heterocycles. The van der Waals surface area contributed by atoms with Crippen LogP contribution in [0.5, 0.6) is 0 Å². The molecule has 0 saturated carbocycles. The lowest BCUT2D eigenvalue weighted by Crippen LogP contribution is -2.31. The molecule has 3 aromatic carbocycles. The Balaban J connectivity index is 1.80. The first kappa shape index (κ1) is 16.4. The van der Waals surface area contributed by atoms with Crippen molar-refractivity contribution in [2.45, 2.75) is 12.5 Å². The van der Waals surface area contributed by atoms with Crippen molar-refractivity contribution in [1.29, 1.82) is 0 Å². The summed E-state index contributed by atoms with van der Waals surface area (Å²) in [4.78, 5) is 31.1. The van der Waals surface area contributed by atoms with Crippen molar-refractivity contribution >= 4 is 16.8 Å². The molecule has 1 N–H and O–H groups in total. The topological polar surface area (TPSA) is 64.0 Å². The summed E-state index contributed by atoms with van der Waals surface area (Å²) in [7, 11) is 0. The van der Waals surface area contributed by atoms with E-state index in [4.69, 9.17) is 4.98 Å². The van der Waals surface area contributed by atoms with Crippen molar-refractivity contribution in [3.63, 3.8) is 0 Å². The first-order chi connectivity index (χ1) is 13.7. The third-order valence-electron chi connectivity index (χ3n) is 5.09. The number of para-hydroxylation sites is 2. The first-order valence-corrected chi connectivity index (χ1v) is 9.18. The third kappa shape index (κ3) is 2.60. The Bertz CT molecular complexity index is 1260. The highest BCUT2D eigenvalue weighted by Gasteiger charge is 2.29. The van der Waals surface area contributed by atoms with Crippen LogP contribution in [0.2, 0.25) is 0 Å². The van der Waals surface area contributed by atoms with Gasteiger partial charge in [-0.2, -0.15) is 0 Å². The van der Waals surface area contributed by atoms with Gasteiger partial charge in [0.1, 0.15) is 5.82 Å². The van der Waals surface area contributed by atoms with Crippen LogP contribution in [0.4, 0.5) is 0 Å². The third-order valence-corrected chi connectivity index (χ3v) is 5.09. The molecule has 0 spiro atoms. The van der Waals surface area contributed by atoms with Gasteiger partial charge in [0.2, 0.25) is 0 Å². The number of carbonyl (C=O) groups excluding carboxylic acids is 1. The van der Waals surface area contributed by atoms with E-state index in [0.29, 0.717) is 34.4 Å². The van der Waals surface area contributed by atoms with Crippen LogP contribution in [0.3, 0.4) is 0 Å². The van der Waals surface area contributed by atoms with E-state index in [9.17, 15) is 9.59 Å². The number of carbonyl (C=O) groups is 1. The summed E-state index contributed by atoms with van der Waals surface area (Å²) in [5.74, 6) is 0.344. The van der Waals surface area contributed by atoms with E-state index >= 15 is 0 Å². The Morgan fingerprint density at radius 1 is 0.857 bits per heavy atom. The lowest BCUT2D eigenvalue weighted by molar-refractivity contribution is 0.0938. The molecular formula is C23H17N3O2. The van der Waals surface area contributed by atoms with Crippen LogP contribution in [0.15, 0.2) is 83.7 Å². The number of nitrogens with one attached hydrogen (secondary N) is 1. The summed E-state index contributed by atoms with van der Waals surface area (Å²) >= 11 is 0. The number of fused-ring (bicyclic) bond motifs is 4. The minimum absolute atomic E-state index is 0.164. The Labute approximate surface area is 161 Å². The van der Waals surface area contributed by atoms with Crippen LogP contribution in [0.25, 0.3) is 16.6 Å². The van der Waals surface area contributed by atoms with E-state index in [-0.39, 0.29) is 11.5 Å². The van der Waals surface area contributed by atoms with Gasteiger partial charge in [0, 0.05) is 0 Å². The SMILES string of the molecule is O=C1NC(Cc2ccccc2)c2nc3ccccc3c(=O)n2-c2ccccc21. The highest BCUT2D eigenvalue weighted by atomic mass is 16.2. The number of nitrogens with zero attached hydrogens (tertiary/aromatic N) is 2. The summed E-state index contributed by atoms with van der Waals surface area (Å²) in [5, 5.41) is 3.61. The zero-order chi connectivity index (χ0) is 19.1. The predicted octanol–water partition coefficient (Wildman–Crippen LogP) is 3.41. The molecule has 2 heterocycles. The fourth-order valence-electron chi connectivity index (χ4n) is 3.77. The lowest BCUT2D eigenvalue weighted by Gasteiger charge is -2.19. The first-order valence-electron chi connectivity index (χ1n) is 9.18. The fourth-order valence-corrected chi connectivity index (χ4v) is 3.77. The molecule has 5 nitrogen and oxygen atoms in total. The van der Waals surface area contributed by atoms with Crippen LogP contribution in [0, 0.1) is 0 Å². The molecule has 1 atom stereocenters. The molecule has 0 aliphatic carbocycles. The highest BCUT2D eigenvalue weighted by molar-refractivity contribution is 5.98. The molecule has 1 aliphatic heterocycles. The minimum atomic E-state index is -0.417.